The van der Waals surface area contributed by atoms with Gasteiger partial charge in [-0.3, -0.25) is 0 Å². The molecule has 0 spiro atoms. The van der Waals surface area contributed by atoms with Gasteiger partial charge in [0.05, 0.1) is 0 Å². The number of fused-ring (bicyclic) bond motifs is 5. The average molecular weight is 441 g/mol. The van der Waals surface area contributed by atoms with Crippen molar-refractivity contribution >= 4 is 17.0 Å². The van der Waals surface area contributed by atoms with Gasteiger partial charge in [0.2, 0.25) is 5.79 Å². The molecule has 0 saturated heterocycles. The molecule has 5 atom stereocenters. The second-order valence-corrected chi connectivity index (χ2v) is 9.98. The quantitative estimate of drug-likeness (QED) is 0.455. The van der Waals surface area contributed by atoms with Crippen LogP contribution in [0, 0.1) is 17.3 Å². The lowest BCUT2D eigenvalue weighted by Crippen LogP contribution is -2.52. The molecular weight excluding hydrogens is 412 g/mol. The summed E-state index contributed by atoms with van der Waals surface area (Å²) < 4.78 is 11.3. The molecule has 5 rings (SSSR count). The topological polar surface area (TPSA) is 55.8 Å². The van der Waals surface area contributed by atoms with Crippen molar-refractivity contribution in [1.29, 1.82) is 0 Å². The Labute approximate surface area is 188 Å². The number of benzene rings is 2. The van der Waals surface area contributed by atoms with Crippen molar-refractivity contribution in [2.24, 2.45) is 17.3 Å². The molecular formula is C26H29ClO4. The molecule has 5 heteroatoms. The highest BCUT2D eigenvalue weighted by Gasteiger charge is 2.63. The standard InChI is InChI=1S/C26H29ClO4/c1-25-13-11-21-20-10-8-19(30-16-17-5-3-2-4-6-17)15-18(20)7-9-22(21)23(25)12-14-26(25,29)31-24(27)28/h2-6,8,10,15,21-23,29H,7,9,11-14,16H2,1H3/t21-,22-,23+,25+,26-/m1/s1. The Kier molecular flexibility index (Phi) is 5.26. The van der Waals surface area contributed by atoms with Crippen molar-refractivity contribution in [1.82, 2.24) is 0 Å². The van der Waals surface area contributed by atoms with Crippen molar-refractivity contribution in [2.45, 2.75) is 63.8 Å². The summed E-state index contributed by atoms with van der Waals surface area (Å²) in [4.78, 5) is 11.4. The molecule has 3 aliphatic rings. The molecule has 0 heterocycles. The first-order chi connectivity index (χ1) is 14.9. The molecule has 3 aliphatic carbocycles. The molecule has 0 aliphatic heterocycles. The van der Waals surface area contributed by atoms with E-state index in [0.29, 0.717) is 30.8 Å². The Morgan fingerprint density at radius 2 is 1.94 bits per heavy atom. The van der Waals surface area contributed by atoms with Crippen molar-refractivity contribution in [3.8, 4) is 5.75 Å². The largest absolute Gasteiger partial charge is 0.489 e. The Hall–Kier alpha value is -2.04. The van der Waals surface area contributed by atoms with Crippen LogP contribution >= 0.6 is 11.6 Å². The number of hydrogen-bond donors (Lipinski definition) is 1. The predicted octanol–water partition coefficient (Wildman–Crippen LogP) is 6.19. The van der Waals surface area contributed by atoms with Gasteiger partial charge >= 0.3 is 5.43 Å². The van der Waals surface area contributed by atoms with Gasteiger partial charge in [0.25, 0.3) is 0 Å². The summed E-state index contributed by atoms with van der Waals surface area (Å²) in [6, 6.07) is 16.8. The van der Waals surface area contributed by atoms with E-state index in [1.807, 2.05) is 18.2 Å². The summed E-state index contributed by atoms with van der Waals surface area (Å²) in [5.74, 6) is 0.779. The zero-order valence-electron chi connectivity index (χ0n) is 17.9. The Balaban J connectivity index is 1.34. The zero-order chi connectivity index (χ0) is 21.6. The van der Waals surface area contributed by atoms with E-state index in [1.165, 1.54) is 16.7 Å². The van der Waals surface area contributed by atoms with Crippen LogP contribution in [0.25, 0.3) is 0 Å². The third kappa shape index (κ3) is 3.54. The molecule has 1 N–H and O–H groups in total. The van der Waals surface area contributed by atoms with E-state index in [4.69, 9.17) is 21.1 Å². The maximum Gasteiger partial charge on any atom is 0.406 e. The summed E-state index contributed by atoms with van der Waals surface area (Å²) >= 11 is 5.49. The van der Waals surface area contributed by atoms with Crippen LogP contribution in [0.5, 0.6) is 5.75 Å². The van der Waals surface area contributed by atoms with Crippen LogP contribution in [-0.2, 0) is 17.8 Å². The van der Waals surface area contributed by atoms with E-state index in [-0.39, 0.29) is 0 Å². The first-order valence-electron chi connectivity index (χ1n) is 11.3. The number of aliphatic hydroxyl groups is 1. The Bertz CT molecular complexity index is 977. The van der Waals surface area contributed by atoms with Gasteiger partial charge in [-0.1, -0.05) is 43.3 Å². The van der Waals surface area contributed by atoms with Crippen molar-refractivity contribution in [2.75, 3.05) is 0 Å². The van der Waals surface area contributed by atoms with Crippen LogP contribution in [0.1, 0.15) is 61.6 Å². The van der Waals surface area contributed by atoms with Crippen LogP contribution in [0.15, 0.2) is 48.5 Å². The van der Waals surface area contributed by atoms with E-state index in [9.17, 15) is 9.90 Å². The molecule has 2 fully saturated rings. The van der Waals surface area contributed by atoms with Gasteiger partial charge < -0.3 is 14.6 Å². The second kappa shape index (κ2) is 7.83. The number of ether oxygens (including phenoxy) is 2. The van der Waals surface area contributed by atoms with E-state index in [0.717, 1.165) is 37.9 Å². The molecule has 2 aromatic rings. The third-order valence-electron chi connectivity index (χ3n) is 8.27. The molecule has 0 bridgehead atoms. The van der Waals surface area contributed by atoms with E-state index in [2.05, 4.69) is 37.3 Å². The van der Waals surface area contributed by atoms with Crippen LogP contribution in [0.3, 0.4) is 0 Å². The zero-order valence-corrected chi connectivity index (χ0v) is 18.6. The van der Waals surface area contributed by atoms with E-state index in [1.54, 1.807) is 0 Å². The van der Waals surface area contributed by atoms with Gasteiger partial charge in [0.15, 0.2) is 0 Å². The molecule has 4 nitrogen and oxygen atoms in total. The van der Waals surface area contributed by atoms with Gasteiger partial charge in [0.1, 0.15) is 12.4 Å². The lowest BCUT2D eigenvalue weighted by atomic mass is 9.55. The lowest BCUT2D eigenvalue weighted by molar-refractivity contribution is -0.235. The van der Waals surface area contributed by atoms with Gasteiger partial charge in [-0.2, -0.15) is 0 Å². The first kappa shape index (κ1) is 20.8. The van der Waals surface area contributed by atoms with Crippen LogP contribution in [0.4, 0.5) is 4.79 Å². The van der Waals surface area contributed by atoms with Crippen molar-refractivity contribution in [3.63, 3.8) is 0 Å². The SMILES string of the molecule is C[C@]12CC[C@@H]3c4ccc(OCc5ccccc5)cc4CC[C@H]3[C@@H]1CC[C@@]2(O)OC(=O)Cl. The number of aryl methyl sites for hydroxylation is 1. The third-order valence-corrected chi connectivity index (χ3v) is 8.35. The second-order valence-electron chi connectivity index (χ2n) is 9.67. The van der Waals surface area contributed by atoms with Gasteiger partial charge in [-0.25, -0.2) is 4.79 Å². The monoisotopic (exact) mass is 440 g/mol. The molecule has 164 valence electrons. The molecule has 2 saturated carbocycles. The number of carbonyl (C=O) groups excluding carboxylic acids is 1. The van der Waals surface area contributed by atoms with Crippen molar-refractivity contribution < 1.29 is 19.4 Å². The van der Waals surface area contributed by atoms with E-state index < -0.39 is 16.6 Å². The maximum absolute atomic E-state index is 11.4. The van der Waals surface area contributed by atoms with Gasteiger partial charge in [-0.05, 0) is 78.7 Å². The summed E-state index contributed by atoms with van der Waals surface area (Å²) in [5, 5.41) is 11.1. The molecule has 2 aromatic carbocycles. The fourth-order valence-corrected chi connectivity index (χ4v) is 6.79. The van der Waals surface area contributed by atoms with Crippen molar-refractivity contribution in [3.05, 3.63) is 65.2 Å². The molecule has 0 aromatic heterocycles. The summed E-state index contributed by atoms with van der Waals surface area (Å²) in [5.41, 5.74) is 2.63. The summed E-state index contributed by atoms with van der Waals surface area (Å²) in [6.45, 7) is 2.65. The number of rotatable bonds is 4. The fraction of sp³-hybridized carbons (Fsp3) is 0.500. The first-order valence-corrected chi connectivity index (χ1v) is 11.7. The molecule has 0 amide bonds. The summed E-state index contributed by atoms with van der Waals surface area (Å²) in [7, 11) is 0. The minimum absolute atomic E-state index is 0.328. The highest BCUT2D eigenvalue weighted by atomic mass is 35.5. The minimum atomic E-state index is -1.45. The Morgan fingerprint density at radius 1 is 1.13 bits per heavy atom. The smallest absolute Gasteiger partial charge is 0.406 e. The highest BCUT2D eigenvalue weighted by molar-refractivity contribution is 6.61. The fourth-order valence-electron chi connectivity index (χ4n) is 6.66. The molecule has 0 unspecified atom stereocenters. The average Bonchev–Trinajstić information content (AvgIpc) is 3.02. The predicted molar refractivity (Wildman–Crippen MR) is 119 cm³/mol. The van der Waals surface area contributed by atoms with Crippen LogP contribution < -0.4 is 4.74 Å². The number of hydrogen-bond acceptors (Lipinski definition) is 4. The summed E-state index contributed by atoms with van der Waals surface area (Å²) in [6.07, 6.45) is 5.24. The Morgan fingerprint density at radius 3 is 2.71 bits per heavy atom. The molecule has 0 radical (unpaired) electrons. The van der Waals surface area contributed by atoms with Crippen LogP contribution in [0.2, 0.25) is 0 Å². The normalized spacial score (nSPS) is 33.7. The minimum Gasteiger partial charge on any atom is -0.489 e. The molecule has 31 heavy (non-hydrogen) atoms. The highest BCUT2D eigenvalue weighted by Crippen LogP contribution is 2.64. The number of carbonyl (C=O) groups is 1. The van der Waals surface area contributed by atoms with Crippen LogP contribution in [-0.4, -0.2) is 16.3 Å². The number of halogens is 1. The van der Waals surface area contributed by atoms with Gasteiger partial charge in [-0.15, -0.1) is 0 Å². The van der Waals surface area contributed by atoms with E-state index >= 15 is 0 Å². The lowest BCUT2D eigenvalue weighted by Gasteiger charge is -2.52. The van der Waals surface area contributed by atoms with Gasteiger partial charge in [0, 0.05) is 23.4 Å². The maximum atomic E-state index is 11.4.